The van der Waals surface area contributed by atoms with Gasteiger partial charge in [0.25, 0.3) is 0 Å². The molecule has 0 aromatic carbocycles. The molecular weight excluding hydrogens is 226 g/mol. The fourth-order valence-corrected chi connectivity index (χ4v) is 1.83. The normalized spacial score (nSPS) is 16.7. The monoisotopic (exact) mass is 253 g/mol. The molecule has 1 rings (SSSR count). The molecule has 1 heterocycles. The van der Waals surface area contributed by atoms with E-state index >= 15 is 0 Å². The summed E-state index contributed by atoms with van der Waals surface area (Å²) in [6.45, 7) is 8.02. The molecule has 0 aromatic heterocycles. The van der Waals surface area contributed by atoms with E-state index in [-0.39, 0.29) is 0 Å². The first-order chi connectivity index (χ1) is 8.72. The maximum atomic E-state index is 5.29. The Morgan fingerprint density at radius 2 is 2.17 bits per heavy atom. The molecule has 0 saturated carbocycles. The number of hydrogen-bond donors (Lipinski definition) is 2. The molecule has 0 bridgehead atoms. The summed E-state index contributed by atoms with van der Waals surface area (Å²) in [5.74, 6) is 1.63. The van der Waals surface area contributed by atoms with Crippen molar-refractivity contribution in [3.05, 3.63) is 11.6 Å². The number of nitrogens with zero attached hydrogens (tertiary/aromatic N) is 1. The van der Waals surface area contributed by atoms with Crippen LogP contribution in [-0.2, 0) is 4.74 Å². The second-order valence-electron chi connectivity index (χ2n) is 5.05. The second-order valence-corrected chi connectivity index (χ2v) is 5.05. The number of aliphatic imine (C=N–C) groups is 1. The predicted octanol–water partition coefficient (Wildman–Crippen LogP) is 1.93. The predicted molar refractivity (Wildman–Crippen MR) is 77.0 cm³/mol. The van der Waals surface area contributed by atoms with Crippen LogP contribution < -0.4 is 10.6 Å². The third-order valence-electron chi connectivity index (χ3n) is 3.03. The fourth-order valence-electron chi connectivity index (χ4n) is 1.83. The fraction of sp³-hybridized carbons (Fsp3) is 0.786. The second kappa shape index (κ2) is 8.97. The summed E-state index contributed by atoms with van der Waals surface area (Å²) in [4.78, 5) is 4.22. The van der Waals surface area contributed by atoms with Gasteiger partial charge in [-0.25, -0.2) is 0 Å². The highest BCUT2D eigenvalue weighted by Gasteiger charge is 2.04. The van der Waals surface area contributed by atoms with Gasteiger partial charge in [-0.2, -0.15) is 0 Å². The van der Waals surface area contributed by atoms with Gasteiger partial charge in [0.1, 0.15) is 0 Å². The molecule has 104 valence electrons. The van der Waals surface area contributed by atoms with E-state index in [0.717, 1.165) is 51.0 Å². The van der Waals surface area contributed by atoms with Crippen LogP contribution in [0.5, 0.6) is 0 Å². The van der Waals surface area contributed by atoms with E-state index in [4.69, 9.17) is 4.74 Å². The van der Waals surface area contributed by atoms with Crippen LogP contribution in [0.2, 0.25) is 0 Å². The molecule has 0 aromatic rings. The molecule has 0 aliphatic carbocycles. The maximum Gasteiger partial charge on any atom is 0.190 e. The highest BCUT2D eigenvalue weighted by Crippen LogP contribution is 2.10. The Hall–Kier alpha value is -1.03. The van der Waals surface area contributed by atoms with Gasteiger partial charge in [0.2, 0.25) is 0 Å². The summed E-state index contributed by atoms with van der Waals surface area (Å²) >= 11 is 0. The quantitative estimate of drug-likeness (QED) is 0.432. The third-order valence-corrected chi connectivity index (χ3v) is 3.03. The zero-order chi connectivity index (χ0) is 13.2. The number of hydrogen-bond acceptors (Lipinski definition) is 2. The zero-order valence-corrected chi connectivity index (χ0v) is 12.0. The van der Waals surface area contributed by atoms with Crippen LogP contribution in [0.25, 0.3) is 0 Å². The number of ether oxygens (including phenoxy) is 1. The minimum atomic E-state index is 0.725. The maximum absolute atomic E-state index is 5.29. The molecule has 0 atom stereocenters. The summed E-state index contributed by atoms with van der Waals surface area (Å²) in [6.07, 6.45) is 5.51. The molecule has 0 unspecified atom stereocenters. The third kappa shape index (κ3) is 6.64. The van der Waals surface area contributed by atoms with E-state index in [1.54, 1.807) is 0 Å². The molecule has 0 radical (unpaired) electrons. The van der Waals surface area contributed by atoms with Crippen molar-refractivity contribution in [2.24, 2.45) is 10.9 Å². The van der Waals surface area contributed by atoms with Crippen LogP contribution in [0.1, 0.15) is 33.1 Å². The standard InChI is InChI=1S/C14H27N3O/c1-12(2)4-8-16-14(15-3)17-9-5-13-6-10-18-11-7-13/h6,12H,4-5,7-11H2,1-3H3,(H2,15,16,17). The Bertz CT molecular complexity index is 285. The van der Waals surface area contributed by atoms with Crippen LogP contribution in [0.4, 0.5) is 0 Å². The minimum Gasteiger partial charge on any atom is -0.377 e. The summed E-state index contributed by atoms with van der Waals surface area (Å²) < 4.78 is 5.29. The van der Waals surface area contributed by atoms with Crippen molar-refractivity contribution in [1.29, 1.82) is 0 Å². The van der Waals surface area contributed by atoms with Crippen molar-refractivity contribution in [3.8, 4) is 0 Å². The topological polar surface area (TPSA) is 45.7 Å². The molecule has 0 fully saturated rings. The average Bonchev–Trinajstić information content (AvgIpc) is 2.38. The molecule has 0 spiro atoms. The Morgan fingerprint density at radius 3 is 2.78 bits per heavy atom. The molecule has 4 nitrogen and oxygen atoms in total. The van der Waals surface area contributed by atoms with Crippen molar-refractivity contribution in [2.45, 2.75) is 33.1 Å². The van der Waals surface area contributed by atoms with Gasteiger partial charge in [-0.3, -0.25) is 4.99 Å². The van der Waals surface area contributed by atoms with Gasteiger partial charge < -0.3 is 15.4 Å². The van der Waals surface area contributed by atoms with Gasteiger partial charge in [0.15, 0.2) is 5.96 Å². The van der Waals surface area contributed by atoms with E-state index in [1.165, 1.54) is 12.0 Å². The van der Waals surface area contributed by atoms with Crippen LogP contribution >= 0.6 is 0 Å². The lowest BCUT2D eigenvalue weighted by molar-refractivity contribution is 0.153. The van der Waals surface area contributed by atoms with Crippen molar-refractivity contribution in [3.63, 3.8) is 0 Å². The largest absolute Gasteiger partial charge is 0.377 e. The van der Waals surface area contributed by atoms with Gasteiger partial charge in [0.05, 0.1) is 13.2 Å². The first kappa shape index (κ1) is 15.0. The molecule has 18 heavy (non-hydrogen) atoms. The van der Waals surface area contributed by atoms with Crippen LogP contribution in [0, 0.1) is 5.92 Å². The van der Waals surface area contributed by atoms with Gasteiger partial charge in [-0.05, 0) is 25.2 Å². The smallest absolute Gasteiger partial charge is 0.190 e. The molecule has 1 aliphatic heterocycles. The Balaban J connectivity index is 2.13. The van der Waals surface area contributed by atoms with Gasteiger partial charge in [-0.1, -0.05) is 25.5 Å². The molecule has 2 N–H and O–H groups in total. The summed E-state index contributed by atoms with van der Waals surface area (Å²) in [6, 6.07) is 0. The van der Waals surface area contributed by atoms with Crippen molar-refractivity contribution >= 4 is 5.96 Å². The van der Waals surface area contributed by atoms with E-state index in [2.05, 4.69) is 35.5 Å². The van der Waals surface area contributed by atoms with Gasteiger partial charge >= 0.3 is 0 Å². The lowest BCUT2D eigenvalue weighted by atomic mass is 10.1. The highest BCUT2D eigenvalue weighted by atomic mass is 16.5. The highest BCUT2D eigenvalue weighted by molar-refractivity contribution is 5.79. The summed E-state index contributed by atoms with van der Waals surface area (Å²) in [5.41, 5.74) is 1.49. The molecule has 4 heteroatoms. The Labute approximate surface area is 111 Å². The Morgan fingerprint density at radius 1 is 1.39 bits per heavy atom. The zero-order valence-electron chi connectivity index (χ0n) is 12.0. The van der Waals surface area contributed by atoms with E-state index in [9.17, 15) is 0 Å². The Kier molecular flexibility index (Phi) is 7.49. The van der Waals surface area contributed by atoms with Gasteiger partial charge in [-0.15, -0.1) is 0 Å². The minimum absolute atomic E-state index is 0.725. The van der Waals surface area contributed by atoms with Crippen LogP contribution in [-0.4, -0.2) is 39.3 Å². The van der Waals surface area contributed by atoms with Crippen molar-refractivity contribution in [2.75, 3.05) is 33.4 Å². The van der Waals surface area contributed by atoms with Crippen LogP contribution in [0.3, 0.4) is 0 Å². The van der Waals surface area contributed by atoms with E-state index in [1.807, 2.05) is 7.05 Å². The lowest BCUT2D eigenvalue weighted by Crippen LogP contribution is -2.38. The van der Waals surface area contributed by atoms with E-state index in [0.29, 0.717) is 0 Å². The first-order valence-electron chi connectivity index (χ1n) is 6.92. The SMILES string of the molecule is CN=C(NCCC1=CCOCC1)NCCC(C)C. The summed E-state index contributed by atoms with van der Waals surface area (Å²) in [7, 11) is 1.82. The van der Waals surface area contributed by atoms with E-state index < -0.39 is 0 Å². The van der Waals surface area contributed by atoms with Gasteiger partial charge in [0, 0.05) is 20.1 Å². The number of rotatable bonds is 6. The molecule has 0 saturated heterocycles. The van der Waals surface area contributed by atoms with Crippen molar-refractivity contribution < 1.29 is 4.74 Å². The average molecular weight is 253 g/mol. The van der Waals surface area contributed by atoms with Crippen molar-refractivity contribution in [1.82, 2.24) is 10.6 Å². The molecule has 1 aliphatic rings. The first-order valence-corrected chi connectivity index (χ1v) is 6.92. The molecular formula is C14H27N3O. The molecule has 0 amide bonds. The van der Waals surface area contributed by atoms with Crippen LogP contribution in [0.15, 0.2) is 16.6 Å². The summed E-state index contributed by atoms with van der Waals surface area (Å²) in [5, 5.41) is 6.68. The number of nitrogens with one attached hydrogen (secondary N) is 2. The lowest BCUT2D eigenvalue weighted by Gasteiger charge is -2.16. The number of guanidine groups is 1.